The molecule has 2 aromatic heterocycles. The van der Waals surface area contributed by atoms with Crippen molar-refractivity contribution in [3.63, 3.8) is 0 Å². The van der Waals surface area contributed by atoms with Crippen molar-refractivity contribution >= 4 is 17.2 Å². The summed E-state index contributed by atoms with van der Waals surface area (Å²) in [5.74, 6) is 0.469. The van der Waals surface area contributed by atoms with Crippen molar-refractivity contribution in [1.82, 2.24) is 19.9 Å². The molecular formula is C16H18N4O3S. The molecule has 0 saturated carbocycles. The molecule has 0 N–H and O–H groups in total. The van der Waals surface area contributed by atoms with Gasteiger partial charge in [-0.3, -0.25) is 4.79 Å². The van der Waals surface area contributed by atoms with Crippen molar-refractivity contribution in [3.05, 3.63) is 29.5 Å². The molecule has 2 saturated heterocycles. The van der Waals surface area contributed by atoms with Crippen LogP contribution in [0.5, 0.6) is 0 Å². The van der Waals surface area contributed by atoms with Gasteiger partial charge in [0.05, 0.1) is 19.3 Å². The van der Waals surface area contributed by atoms with E-state index in [-0.39, 0.29) is 18.2 Å². The lowest BCUT2D eigenvalue weighted by molar-refractivity contribution is -0.100. The van der Waals surface area contributed by atoms with Gasteiger partial charge in [-0.2, -0.15) is 0 Å². The van der Waals surface area contributed by atoms with Crippen LogP contribution in [-0.4, -0.2) is 57.8 Å². The summed E-state index contributed by atoms with van der Waals surface area (Å²) in [4.78, 5) is 27.6. The molecule has 0 spiro atoms. The summed E-state index contributed by atoms with van der Waals surface area (Å²) in [6.45, 7) is 1.90. The fourth-order valence-corrected chi connectivity index (χ4v) is 3.86. The zero-order chi connectivity index (χ0) is 16.4. The van der Waals surface area contributed by atoms with Crippen LogP contribution in [0.2, 0.25) is 0 Å². The Morgan fingerprint density at radius 1 is 1.21 bits per heavy atom. The van der Waals surface area contributed by atoms with Crippen LogP contribution in [0.15, 0.2) is 23.8 Å². The number of likely N-dealkylation sites (tertiary alicyclic amines) is 1. The molecule has 0 bridgehead atoms. The van der Waals surface area contributed by atoms with E-state index in [2.05, 4.69) is 15.0 Å². The number of hydrogen-bond acceptors (Lipinski definition) is 7. The van der Waals surface area contributed by atoms with Crippen LogP contribution < -0.4 is 0 Å². The average molecular weight is 346 g/mol. The molecule has 0 aliphatic carbocycles. The molecule has 4 rings (SSSR count). The maximum absolute atomic E-state index is 12.9. The van der Waals surface area contributed by atoms with Gasteiger partial charge in [0.25, 0.3) is 5.91 Å². The van der Waals surface area contributed by atoms with Crippen LogP contribution >= 0.6 is 11.3 Å². The van der Waals surface area contributed by atoms with Crippen molar-refractivity contribution < 1.29 is 14.3 Å². The first-order chi connectivity index (χ1) is 11.8. The SMILES string of the molecule is O=C(c1csc(-c2ncccn2)n1)N1CCCCC1C1OCCO1. The molecule has 8 heteroatoms. The summed E-state index contributed by atoms with van der Waals surface area (Å²) in [5, 5.41) is 2.43. The van der Waals surface area contributed by atoms with Crippen molar-refractivity contribution in [1.29, 1.82) is 0 Å². The Balaban J connectivity index is 1.54. The predicted molar refractivity (Wildman–Crippen MR) is 87.5 cm³/mol. The maximum Gasteiger partial charge on any atom is 0.273 e. The minimum Gasteiger partial charge on any atom is -0.348 e. The lowest BCUT2D eigenvalue weighted by Gasteiger charge is -2.37. The zero-order valence-electron chi connectivity index (χ0n) is 13.1. The molecule has 2 aliphatic rings. The monoisotopic (exact) mass is 346 g/mol. The Kier molecular flexibility index (Phi) is 4.50. The molecule has 1 atom stereocenters. The molecule has 2 fully saturated rings. The zero-order valence-corrected chi connectivity index (χ0v) is 13.9. The first kappa shape index (κ1) is 15.6. The molecule has 2 aliphatic heterocycles. The van der Waals surface area contributed by atoms with Crippen LogP contribution in [0.25, 0.3) is 10.8 Å². The Morgan fingerprint density at radius 3 is 2.79 bits per heavy atom. The normalized spacial score (nSPS) is 22.0. The van der Waals surface area contributed by atoms with E-state index in [1.54, 1.807) is 23.8 Å². The van der Waals surface area contributed by atoms with E-state index in [0.717, 1.165) is 19.3 Å². The van der Waals surface area contributed by atoms with Gasteiger partial charge in [0.15, 0.2) is 17.1 Å². The van der Waals surface area contributed by atoms with Crippen molar-refractivity contribution in [3.8, 4) is 10.8 Å². The van der Waals surface area contributed by atoms with E-state index in [1.807, 2.05) is 4.90 Å². The molecule has 2 aromatic rings. The highest BCUT2D eigenvalue weighted by atomic mass is 32.1. The topological polar surface area (TPSA) is 77.4 Å². The second kappa shape index (κ2) is 6.92. The average Bonchev–Trinajstić information content (AvgIpc) is 3.34. The van der Waals surface area contributed by atoms with E-state index in [4.69, 9.17) is 9.47 Å². The van der Waals surface area contributed by atoms with Gasteiger partial charge >= 0.3 is 0 Å². The van der Waals surface area contributed by atoms with Crippen LogP contribution in [0.4, 0.5) is 0 Å². The number of rotatable bonds is 3. The molecule has 7 nitrogen and oxygen atoms in total. The van der Waals surface area contributed by atoms with Gasteiger partial charge in [-0.25, -0.2) is 15.0 Å². The second-order valence-corrected chi connectivity index (χ2v) is 6.64. The number of carbonyl (C=O) groups excluding carboxylic acids is 1. The highest BCUT2D eigenvalue weighted by molar-refractivity contribution is 7.13. The first-order valence-corrected chi connectivity index (χ1v) is 8.98. The van der Waals surface area contributed by atoms with Gasteiger partial charge in [0, 0.05) is 24.3 Å². The number of ether oxygens (including phenoxy) is 2. The third kappa shape index (κ3) is 3.04. The minimum absolute atomic E-state index is 0.0353. The molecule has 1 amide bonds. The maximum atomic E-state index is 12.9. The summed E-state index contributed by atoms with van der Waals surface area (Å²) in [5.41, 5.74) is 0.437. The Hall–Kier alpha value is -1.90. The van der Waals surface area contributed by atoms with Gasteiger partial charge < -0.3 is 14.4 Å². The van der Waals surface area contributed by atoms with Crippen LogP contribution in [0.1, 0.15) is 29.8 Å². The number of hydrogen-bond donors (Lipinski definition) is 0. The molecule has 4 heterocycles. The Bertz CT molecular complexity index is 702. The summed E-state index contributed by atoms with van der Waals surface area (Å²) in [6, 6.07) is 1.72. The molecule has 126 valence electrons. The standard InChI is InChI=1S/C16H18N4O3S/c21-15(11-10-24-14(19-11)13-17-5-3-6-18-13)20-7-2-1-4-12(20)16-22-8-9-23-16/h3,5-6,10,12,16H,1-2,4,7-9H2. The van der Waals surface area contributed by atoms with Gasteiger partial charge in [-0.05, 0) is 25.3 Å². The van der Waals surface area contributed by atoms with Crippen LogP contribution in [0, 0.1) is 0 Å². The molecule has 24 heavy (non-hydrogen) atoms. The molecule has 0 radical (unpaired) electrons. The number of aromatic nitrogens is 3. The lowest BCUT2D eigenvalue weighted by Crippen LogP contribution is -2.50. The molecule has 1 unspecified atom stereocenters. The quantitative estimate of drug-likeness (QED) is 0.845. The van der Waals surface area contributed by atoms with Gasteiger partial charge in [0.2, 0.25) is 0 Å². The molecular weight excluding hydrogens is 328 g/mol. The summed E-state index contributed by atoms with van der Waals surface area (Å²) >= 11 is 1.38. The van der Waals surface area contributed by atoms with E-state index >= 15 is 0 Å². The number of nitrogens with zero attached hydrogens (tertiary/aromatic N) is 4. The van der Waals surface area contributed by atoms with Gasteiger partial charge in [-0.1, -0.05) is 0 Å². The first-order valence-electron chi connectivity index (χ1n) is 8.10. The summed E-state index contributed by atoms with van der Waals surface area (Å²) < 4.78 is 11.3. The van der Waals surface area contributed by atoms with E-state index in [9.17, 15) is 4.79 Å². The highest BCUT2D eigenvalue weighted by Crippen LogP contribution is 2.27. The number of thiazole rings is 1. The Morgan fingerprint density at radius 2 is 2.00 bits per heavy atom. The smallest absolute Gasteiger partial charge is 0.273 e. The minimum atomic E-state index is -0.315. The van der Waals surface area contributed by atoms with E-state index in [1.165, 1.54) is 11.3 Å². The predicted octanol–water partition coefficient (Wildman–Crippen LogP) is 1.97. The van der Waals surface area contributed by atoms with E-state index in [0.29, 0.717) is 36.3 Å². The van der Waals surface area contributed by atoms with Crippen LogP contribution in [0.3, 0.4) is 0 Å². The van der Waals surface area contributed by atoms with Crippen molar-refractivity contribution in [2.75, 3.05) is 19.8 Å². The fourth-order valence-electron chi connectivity index (χ4n) is 3.12. The number of piperidine rings is 1. The summed E-state index contributed by atoms with van der Waals surface area (Å²) in [7, 11) is 0. The second-order valence-electron chi connectivity index (χ2n) is 5.78. The summed E-state index contributed by atoms with van der Waals surface area (Å²) in [6.07, 6.45) is 5.99. The number of amides is 1. The van der Waals surface area contributed by atoms with Crippen LogP contribution in [-0.2, 0) is 9.47 Å². The number of carbonyl (C=O) groups is 1. The Labute approximate surface area is 143 Å². The van der Waals surface area contributed by atoms with Crippen molar-refractivity contribution in [2.24, 2.45) is 0 Å². The third-order valence-electron chi connectivity index (χ3n) is 4.25. The lowest BCUT2D eigenvalue weighted by atomic mass is 10.0. The van der Waals surface area contributed by atoms with Gasteiger partial charge in [0.1, 0.15) is 5.69 Å². The van der Waals surface area contributed by atoms with E-state index < -0.39 is 0 Å². The molecule has 0 aromatic carbocycles. The fraction of sp³-hybridized carbons (Fsp3) is 0.500. The highest BCUT2D eigenvalue weighted by Gasteiger charge is 2.37. The third-order valence-corrected chi connectivity index (χ3v) is 5.09. The van der Waals surface area contributed by atoms with Gasteiger partial charge in [-0.15, -0.1) is 11.3 Å². The van der Waals surface area contributed by atoms with Crippen molar-refractivity contribution in [2.45, 2.75) is 31.6 Å². The largest absolute Gasteiger partial charge is 0.348 e.